The maximum absolute atomic E-state index is 9.38. The molecular formula is C10H14N2O2. The molecule has 76 valence electrons. The van der Waals surface area contributed by atoms with Crippen LogP contribution < -0.4 is 4.90 Å². The van der Waals surface area contributed by atoms with Gasteiger partial charge in [0.05, 0.1) is 12.2 Å². The second kappa shape index (κ2) is 3.55. The normalized spacial score (nSPS) is 26.9. The molecule has 2 atom stereocenters. The van der Waals surface area contributed by atoms with Gasteiger partial charge in [-0.05, 0) is 19.1 Å². The Morgan fingerprint density at radius 3 is 2.50 bits per heavy atom. The molecule has 0 saturated carbocycles. The van der Waals surface area contributed by atoms with Gasteiger partial charge >= 0.3 is 0 Å². The third-order valence-corrected chi connectivity index (χ3v) is 2.46. The summed E-state index contributed by atoms with van der Waals surface area (Å²) in [6.45, 7) is 2.83. The van der Waals surface area contributed by atoms with Gasteiger partial charge < -0.3 is 15.1 Å². The van der Waals surface area contributed by atoms with E-state index >= 15 is 0 Å². The first-order valence-electron chi connectivity index (χ1n) is 4.71. The van der Waals surface area contributed by atoms with E-state index in [0.717, 1.165) is 11.5 Å². The fraction of sp³-hybridized carbons (Fsp3) is 0.500. The fourth-order valence-corrected chi connectivity index (χ4v) is 1.66. The predicted octanol–water partition coefficient (Wildman–Crippen LogP) is -0.0682. The van der Waals surface area contributed by atoms with Gasteiger partial charge in [0.2, 0.25) is 0 Å². The van der Waals surface area contributed by atoms with Crippen molar-refractivity contribution in [2.75, 3.05) is 18.0 Å². The van der Waals surface area contributed by atoms with E-state index < -0.39 is 12.2 Å². The molecule has 1 aliphatic rings. The molecular weight excluding hydrogens is 180 g/mol. The summed E-state index contributed by atoms with van der Waals surface area (Å²) in [5.41, 5.74) is 0.943. The van der Waals surface area contributed by atoms with E-state index in [4.69, 9.17) is 0 Å². The lowest BCUT2D eigenvalue weighted by atomic mass is 10.3. The molecule has 2 unspecified atom stereocenters. The van der Waals surface area contributed by atoms with Crippen molar-refractivity contribution in [1.82, 2.24) is 4.98 Å². The van der Waals surface area contributed by atoms with Crippen molar-refractivity contribution >= 4 is 5.82 Å². The maximum Gasteiger partial charge on any atom is 0.128 e. The van der Waals surface area contributed by atoms with Crippen molar-refractivity contribution in [1.29, 1.82) is 0 Å². The summed E-state index contributed by atoms with van der Waals surface area (Å²) in [5.74, 6) is 0.820. The highest BCUT2D eigenvalue weighted by atomic mass is 16.3. The van der Waals surface area contributed by atoms with Crippen molar-refractivity contribution in [3.63, 3.8) is 0 Å². The van der Waals surface area contributed by atoms with Crippen molar-refractivity contribution < 1.29 is 10.2 Å². The summed E-state index contributed by atoms with van der Waals surface area (Å²) in [6.07, 6.45) is -1.31. The molecule has 1 aromatic rings. The van der Waals surface area contributed by atoms with E-state index in [0.29, 0.717) is 13.1 Å². The third-order valence-electron chi connectivity index (χ3n) is 2.46. The first-order chi connectivity index (χ1) is 6.66. The van der Waals surface area contributed by atoms with Crippen molar-refractivity contribution in [3.8, 4) is 0 Å². The average Bonchev–Trinajstić information content (AvgIpc) is 2.47. The van der Waals surface area contributed by atoms with Gasteiger partial charge in [-0.1, -0.05) is 6.07 Å². The van der Waals surface area contributed by atoms with E-state index in [2.05, 4.69) is 4.98 Å². The van der Waals surface area contributed by atoms with Crippen LogP contribution in [0.3, 0.4) is 0 Å². The molecule has 0 spiro atoms. The molecule has 4 nitrogen and oxygen atoms in total. The number of β-amino-alcohol motifs (C(OH)–C–C–N with tert-alkyl or cyclic N) is 2. The molecule has 0 radical (unpaired) electrons. The van der Waals surface area contributed by atoms with Gasteiger partial charge in [0.15, 0.2) is 0 Å². The Hall–Kier alpha value is -1.13. The molecule has 2 N–H and O–H groups in total. The van der Waals surface area contributed by atoms with Gasteiger partial charge in [-0.3, -0.25) is 0 Å². The minimum absolute atomic E-state index is 0.456. The molecule has 0 aromatic carbocycles. The SMILES string of the molecule is Cc1cccc(N2CC(O)C(O)C2)n1. The minimum atomic E-state index is -0.655. The molecule has 0 aliphatic carbocycles. The number of anilines is 1. The summed E-state index contributed by atoms with van der Waals surface area (Å²) < 4.78 is 0. The largest absolute Gasteiger partial charge is 0.389 e. The fourth-order valence-electron chi connectivity index (χ4n) is 1.66. The van der Waals surface area contributed by atoms with Crippen molar-refractivity contribution in [2.24, 2.45) is 0 Å². The van der Waals surface area contributed by atoms with Crippen LogP contribution in [0.1, 0.15) is 5.69 Å². The summed E-state index contributed by atoms with van der Waals surface area (Å²) in [5, 5.41) is 18.8. The van der Waals surface area contributed by atoms with Crippen LogP contribution in [0.4, 0.5) is 5.82 Å². The van der Waals surface area contributed by atoms with Gasteiger partial charge in [0.1, 0.15) is 5.82 Å². The van der Waals surface area contributed by atoms with Gasteiger partial charge in [0.25, 0.3) is 0 Å². The van der Waals surface area contributed by atoms with Crippen LogP contribution in [0.25, 0.3) is 0 Å². The van der Waals surface area contributed by atoms with Crippen LogP contribution in [0.2, 0.25) is 0 Å². The van der Waals surface area contributed by atoms with Gasteiger partial charge in [-0.2, -0.15) is 0 Å². The summed E-state index contributed by atoms with van der Waals surface area (Å²) in [4.78, 5) is 6.22. The van der Waals surface area contributed by atoms with Crippen LogP contribution in [0.5, 0.6) is 0 Å². The van der Waals surface area contributed by atoms with Crippen LogP contribution in [0.15, 0.2) is 18.2 Å². The monoisotopic (exact) mass is 194 g/mol. The average molecular weight is 194 g/mol. The Morgan fingerprint density at radius 2 is 1.93 bits per heavy atom. The topological polar surface area (TPSA) is 56.6 Å². The second-order valence-corrected chi connectivity index (χ2v) is 3.68. The highest BCUT2D eigenvalue weighted by Gasteiger charge is 2.30. The van der Waals surface area contributed by atoms with E-state index in [1.165, 1.54) is 0 Å². The molecule has 2 rings (SSSR count). The third kappa shape index (κ3) is 1.71. The zero-order chi connectivity index (χ0) is 10.1. The summed E-state index contributed by atoms with van der Waals surface area (Å²) in [7, 11) is 0. The lowest BCUT2D eigenvalue weighted by Gasteiger charge is -2.16. The predicted molar refractivity (Wildman–Crippen MR) is 53.2 cm³/mol. The molecule has 14 heavy (non-hydrogen) atoms. The van der Waals surface area contributed by atoms with E-state index in [1.807, 2.05) is 30.0 Å². The Bertz CT molecular complexity index is 320. The number of hydrogen-bond acceptors (Lipinski definition) is 4. The van der Waals surface area contributed by atoms with Crippen LogP contribution in [-0.4, -0.2) is 40.5 Å². The zero-order valence-corrected chi connectivity index (χ0v) is 8.09. The highest BCUT2D eigenvalue weighted by molar-refractivity contribution is 5.41. The number of hydrogen-bond donors (Lipinski definition) is 2. The van der Waals surface area contributed by atoms with Crippen molar-refractivity contribution in [3.05, 3.63) is 23.9 Å². The highest BCUT2D eigenvalue weighted by Crippen LogP contribution is 2.18. The lowest BCUT2D eigenvalue weighted by molar-refractivity contribution is 0.0572. The molecule has 1 aromatic heterocycles. The molecule has 2 heterocycles. The molecule has 0 amide bonds. The summed E-state index contributed by atoms with van der Waals surface area (Å²) in [6, 6.07) is 5.74. The molecule has 1 aliphatic heterocycles. The molecule has 1 saturated heterocycles. The van der Waals surface area contributed by atoms with Crippen LogP contribution in [-0.2, 0) is 0 Å². The lowest BCUT2D eigenvalue weighted by Crippen LogP contribution is -2.22. The second-order valence-electron chi connectivity index (χ2n) is 3.68. The number of pyridine rings is 1. The van der Waals surface area contributed by atoms with Gasteiger partial charge in [-0.25, -0.2) is 4.98 Å². The van der Waals surface area contributed by atoms with E-state index in [9.17, 15) is 10.2 Å². The molecule has 4 heteroatoms. The van der Waals surface area contributed by atoms with E-state index in [-0.39, 0.29) is 0 Å². The smallest absolute Gasteiger partial charge is 0.128 e. The Balaban J connectivity index is 2.17. The molecule has 1 fully saturated rings. The quantitative estimate of drug-likeness (QED) is 0.657. The Morgan fingerprint density at radius 1 is 1.29 bits per heavy atom. The zero-order valence-electron chi connectivity index (χ0n) is 8.09. The number of aromatic nitrogens is 1. The van der Waals surface area contributed by atoms with Crippen molar-refractivity contribution in [2.45, 2.75) is 19.1 Å². The van der Waals surface area contributed by atoms with E-state index in [1.54, 1.807) is 0 Å². The Labute approximate surface area is 82.8 Å². The Kier molecular flexibility index (Phi) is 2.39. The van der Waals surface area contributed by atoms with Gasteiger partial charge in [-0.15, -0.1) is 0 Å². The number of nitrogens with zero attached hydrogens (tertiary/aromatic N) is 2. The standard InChI is InChI=1S/C10H14N2O2/c1-7-3-2-4-10(11-7)12-5-8(13)9(14)6-12/h2-4,8-9,13-14H,5-6H2,1H3. The summed E-state index contributed by atoms with van der Waals surface area (Å²) >= 11 is 0. The first-order valence-corrected chi connectivity index (χ1v) is 4.71. The van der Waals surface area contributed by atoms with Gasteiger partial charge in [0, 0.05) is 18.8 Å². The minimum Gasteiger partial charge on any atom is -0.389 e. The number of rotatable bonds is 1. The number of aliphatic hydroxyl groups excluding tert-OH is 2. The maximum atomic E-state index is 9.38. The number of aliphatic hydroxyl groups is 2. The number of aryl methyl sites for hydroxylation is 1. The first kappa shape index (κ1) is 9.43. The van der Waals surface area contributed by atoms with Crippen LogP contribution in [0, 0.1) is 6.92 Å². The molecule has 0 bridgehead atoms. The van der Waals surface area contributed by atoms with Crippen LogP contribution >= 0.6 is 0 Å².